The molecule has 1 N–H and O–H groups in total. The average molecular weight is 319 g/mol. The van der Waals surface area contributed by atoms with Gasteiger partial charge in [0.05, 0.1) is 23.7 Å². The molecule has 0 saturated carbocycles. The molecule has 2 rings (SSSR count). The Morgan fingerprint density at radius 3 is 2.43 bits per heavy atom. The molecule has 6 nitrogen and oxygen atoms in total. The second-order valence-corrected chi connectivity index (χ2v) is 4.75. The van der Waals surface area contributed by atoms with Gasteiger partial charge in [0.2, 0.25) is 0 Å². The summed E-state index contributed by atoms with van der Waals surface area (Å²) in [5, 5.41) is 2.67. The maximum Gasteiger partial charge on any atom is 0.316 e. The summed E-state index contributed by atoms with van der Waals surface area (Å²) < 4.78 is 23.8. The number of nitrogens with one attached hydrogen (secondary N) is 1. The normalized spacial score (nSPS) is 10.3. The Morgan fingerprint density at radius 1 is 1.17 bits per heavy atom. The highest BCUT2D eigenvalue weighted by Gasteiger charge is 2.13. The lowest BCUT2D eigenvalue weighted by atomic mass is 10.3. The van der Waals surface area contributed by atoms with Gasteiger partial charge in [-0.15, -0.1) is 0 Å². The van der Waals surface area contributed by atoms with E-state index >= 15 is 0 Å². The number of halogens is 1. The van der Waals surface area contributed by atoms with Crippen LogP contribution in [0.2, 0.25) is 0 Å². The van der Waals surface area contributed by atoms with E-state index in [2.05, 4.69) is 15.3 Å². The number of hydrogen-bond donors (Lipinski definition) is 1. The van der Waals surface area contributed by atoms with Gasteiger partial charge < -0.3 is 14.8 Å². The van der Waals surface area contributed by atoms with E-state index in [4.69, 9.17) is 9.47 Å². The molecule has 0 fully saturated rings. The summed E-state index contributed by atoms with van der Waals surface area (Å²) in [6, 6.07) is 6.17. The van der Waals surface area contributed by atoms with Crippen molar-refractivity contribution in [2.24, 2.45) is 0 Å². The average Bonchev–Trinajstić information content (AvgIpc) is 2.50. The fourth-order valence-corrected chi connectivity index (χ4v) is 1.94. The van der Waals surface area contributed by atoms with Crippen molar-refractivity contribution in [3.05, 3.63) is 41.5 Å². The molecule has 0 atom stereocenters. The van der Waals surface area contributed by atoms with E-state index < -0.39 is 11.7 Å². The molecule has 0 radical (unpaired) electrons. The van der Waals surface area contributed by atoms with Crippen molar-refractivity contribution in [3.63, 3.8) is 0 Å². The molecule has 1 aromatic carbocycles. The molecule has 7 heteroatoms. The molecule has 122 valence electrons. The zero-order valence-electron chi connectivity index (χ0n) is 13.2. The fourth-order valence-electron chi connectivity index (χ4n) is 1.94. The number of rotatable bonds is 6. The third-order valence-corrected chi connectivity index (χ3v) is 2.98. The molecular weight excluding hydrogens is 301 g/mol. The molecule has 1 aromatic heterocycles. The molecule has 0 spiro atoms. The van der Waals surface area contributed by atoms with Crippen LogP contribution >= 0.6 is 0 Å². The highest BCUT2D eigenvalue weighted by molar-refractivity contribution is 5.92. The number of nitrogens with zero attached hydrogens (tertiary/aromatic N) is 2. The van der Waals surface area contributed by atoms with Gasteiger partial charge in [-0.1, -0.05) is 12.1 Å². The van der Waals surface area contributed by atoms with Crippen molar-refractivity contribution in [2.45, 2.75) is 20.8 Å². The van der Waals surface area contributed by atoms with Crippen LogP contribution in [0.4, 0.5) is 10.1 Å². The Bertz CT molecular complexity index is 684. The van der Waals surface area contributed by atoms with Crippen LogP contribution in [0.5, 0.6) is 11.8 Å². The Kier molecular flexibility index (Phi) is 5.46. The van der Waals surface area contributed by atoms with E-state index in [0.717, 1.165) is 0 Å². The van der Waals surface area contributed by atoms with Crippen LogP contribution in [0.15, 0.2) is 24.3 Å². The molecule has 0 saturated heterocycles. The van der Waals surface area contributed by atoms with E-state index in [1.54, 1.807) is 26.0 Å². The minimum atomic E-state index is -0.517. The zero-order valence-corrected chi connectivity index (χ0v) is 13.2. The van der Waals surface area contributed by atoms with E-state index in [0.29, 0.717) is 23.7 Å². The van der Waals surface area contributed by atoms with Gasteiger partial charge in [0.1, 0.15) is 0 Å². The Labute approximate surface area is 133 Å². The van der Waals surface area contributed by atoms with Gasteiger partial charge in [0.25, 0.3) is 5.91 Å². The lowest BCUT2D eigenvalue weighted by Crippen LogP contribution is -2.22. The molecule has 0 bridgehead atoms. The second-order valence-electron chi connectivity index (χ2n) is 4.75. The summed E-state index contributed by atoms with van der Waals surface area (Å²) in [5.41, 5.74) is 1.66. The van der Waals surface area contributed by atoms with Gasteiger partial charge in [-0.25, -0.2) is 4.39 Å². The maximum absolute atomic E-state index is 13.4. The second kappa shape index (κ2) is 7.53. The summed E-state index contributed by atoms with van der Waals surface area (Å²) in [4.78, 5) is 20.3. The number of carbonyl (C=O) groups is 1. The van der Waals surface area contributed by atoms with Crippen molar-refractivity contribution < 1.29 is 18.7 Å². The molecule has 1 amide bonds. The van der Waals surface area contributed by atoms with E-state index in [-0.39, 0.29) is 18.4 Å². The number of hydrogen-bond acceptors (Lipinski definition) is 5. The highest BCUT2D eigenvalue weighted by atomic mass is 19.1. The van der Waals surface area contributed by atoms with E-state index in [9.17, 15) is 9.18 Å². The van der Waals surface area contributed by atoms with Gasteiger partial charge in [-0.3, -0.25) is 4.79 Å². The fraction of sp³-hybridized carbons (Fsp3) is 0.312. The zero-order chi connectivity index (χ0) is 16.8. The van der Waals surface area contributed by atoms with E-state index in [1.165, 1.54) is 12.1 Å². The molecule has 0 aliphatic rings. The highest BCUT2D eigenvalue weighted by Crippen LogP contribution is 2.20. The van der Waals surface area contributed by atoms with Crippen LogP contribution in [0.3, 0.4) is 0 Å². The van der Waals surface area contributed by atoms with Crippen LogP contribution in [-0.4, -0.2) is 29.1 Å². The van der Waals surface area contributed by atoms with Crippen molar-refractivity contribution in [2.75, 3.05) is 18.5 Å². The predicted molar refractivity (Wildman–Crippen MR) is 83.2 cm³/mol. The van der Waals surface area contributed by atoms with Crippen LogP contribution < -0.4 is 14.8 Å². The van der Waals surface area contributed by atoms with Crippen molar-refractivity contribution in [1.82, 2.24) is 9.97 Å². The first-order chi connectivity index (χ1) is 11.0. The standard InChI is InChI=1S/C16H18FN3O3/c1-4-22-16-18-10(2)15(11(3)19-16)20-14(21)9-23-13-8-6-5-7-12(13)17/h5-8H,4,9H2,1-3H3,(H,20,21). The first-order valence-electron chi connectivity index (χ1n) is 7.16. The van der Waals surface area contributed by atoms with Gasteiger partial charge in [-0.2, -0.15) is 9.97 Å². The third-order valence-electron chi connectivity index (χ3n) is 2.98. The number of aromatic nitrogens is 2. The minimum Gasteiger partial charge on any atom is -0.481 e. The Hall–Kier alpha value is -2.70. The van der Waals surface area contributed by atoms with Crippen LogP contribution in [0.25, 0.3) is 0 Å². The number of aryl methyl sites for hydroxylation is 2. The van der Waals surface area contributed by atoms with Crippen molar-refractivity contribution in [3.8, 4) is 11.8 Å². The lowest BCUT2D eigenvalue weighted by molar-refractivity contribution is -0.118. The minimum absolute atomic E-state index is 0.0269. The van der Waals surface area contributed by atoms with Gasteiger partial charge in [0.15, 0.2) is 18.2 Å². The maximum atomic E-state index is 13.4. The summed E-state index contributed by atoms with van der Waals surface area (Å²) >= 11 is 0. The molecule has 0 aliphatic heterocycles. The molecule has 2 aromatic rings. The van der Waals surface area contributed by atoms with Crippen molar-refractivity contribution in [1.29, 1.82) is 0 Å². The molecule has 0 aliphatic carbocycles. The lowest BCUT2D eigenvalue weighted by Gasteiger charge is -2.12. The summed E-state index contributed by atoms with van der Waals surface area (Å²) in [6.45, 7) is 5.47. The number of ether oxygens (including phenoxy) is 2. The monoisotopic (exact) mass is 319 g/mol. The van der Waals surface area contributed by atoms with Gasteiger partial charge in [-0.05, 0) is 32.9 Å². The van der Waals surface area contributed by atoms with Crippen LogP contribution in [-0.2, 0) is 4.79 Å². The number of anilines is 1. The van der Waals surface area contributed by atoms with E-state index in [1.807, 2.05) is 6.92 Å². The van der Waals surface area contributed by atoms with Gasteiger partial charge >= 0.3 is 6.01 Å². The largest absolute Gasteiger partial charge is 0.481 e. The molecule has 1 heterocycles. The topological polar surface area (TPSA) is 73.3 Å². The molecular formula is C16H18FN3O3. The van der Waals surface area contributed by atoms with Crippen LogP contribution in [0, 0.1) is 19.7 Å². The summed E-state index contributed by atoms with van der Waals surface area (Å²) in [6.07, 6.45) is 0. The number of para-hydroxylation sites is 1. The first-order valence-corrected chi connectivity index (χ1v) is 7.16. The first kappa shape index (κ1) is 16.7. The van der Waals surface area contributed by atoms with Crippen molar-refractivity contribution >= 4 is 11.6 Å². The Morgan fingerprint density at radius 2 is 1.83 bits per heavy atom. The molecule has 23 heavy (non-hydrogen) atoms. The van der Waals surface area contributed by atoms with Gasteiger partial charge in [0, 0.05) is 0 Å². The predicted octanol–water partition coefficient (Wildman–Crippen LogP) is 2.65. The summed E-state index contributed by atoms with van der Waals surface area (Å²) in [7, 11) is 0. The smallest absolute Gasteiger partial charge is 0.316 e. The SMILES string of the molecule is CCOc1nc(C)c(NC(=O)COc2ccccc2F)c(C)n1. The molecule has 0 unspecified atom stereocenters. The third kappa shape index (κ3) is 4.38. The number of amides is 1. The van der Waals surface area contributed by atoms with Crippen LogP contribution in [0.1, 0.15) is 18.3 Å². The number of benzene rings is 1. The number of carbonyl (C=O) groups excluding carboxylic acids is 1. The summed E-state index contributed by atoms with van der Waals surface area (Å²) in [5.74, 6) is -0.914. The Balaban J connectivity index is 2.01. The quantitative estimate of drug-likeness (QED) is 0.886.